The van der Waals surface area contributed by atoms with E-state index < -0.39 is 0 Å². The predicted octanol–water partition coefficient (Wildman–Crippen LogP) is 2.13. The van der Waals surface area contributed by atoms with E-state index in [2.05, 4.69) is 6.58 Å². The number of hydrogen-bond acceptors (Lipinski definition) is 2. The first-order chi connectivity index (χ1) is 6.22. The molecule has 0 aliphatic rings. The minimum absolute atomic E-state index is 0.0702. The van der Waals surface area contributed by atoms with Crippen molar-refractivity contribution in [1.82, 2.24) is 0 Å². The van der Waals surface area contributed by atoms with E-state index in [-0.39, 0.29) is 6.61 Å². The van der Waals surface area contributed by atoms with E-state index in [9.17, 15) is 0 Å². The van der Waals surface area contributed by atoms with Crippen molar-refractivity contribution in [2.45, 2.75) is 13.5 Å². The standard InChI is InChI=1S/C11H14O2/c1-9(2)8-13-11-5-3-10(7-12)4-6-11/h3-6,12H,1,7-8H2,2H3. The van der Waals surface area contributed by atoms with E-state index in [0.717, 1.165) is 16.9 Å². The second-order valence-corrected chi connectivity index (χ2v) is 3.05. The number of hydrogen-bond donors (Lipinski definition) is 1. The van der Waals surface area contributed by atoms with Gasteiger partial charge in [0.05, 0.1) is 6.61 Å². The summed E-state index contributed by atoms with van der Waals surface area (Å²) in [6, 6.07) is 7.37. The van der Waals surface area contributed by atoms with Gasteiger partial charge in [0.15, 0.2) is 0 Å². The van der Waals surface area contributed by atoms with Crippen molar-refractivity contribution in [3.63, 3.8) is 0 Å². The average Bonchev–Trinajstić information content (AvgIpc) is 2.15. The molecule has 0 heterocycles. The number of rotatable bonds is 4. The summed E-state index contributed by atoms with van der Waals surface area (Å²) < 4.78 is 5.39. The lowest BCUT2D eigenvalue weighted by Gasteiger charge is -2.05. The molecule has 1 rings (SSSR count). The molecular formula is C11H14O2. The van der Waals surface area contributed by atoms with E-state index in [1.54, 1.807) is 0 Å². The fraction of sp³-hybridized carbons (Fsp3) is 0.273. The van der Waals surface area contributed by atoms with Gasteiger partial charge in [-0.2, -0.15) is 0 Å². The lowest BCUT2D eigenvalue weighted by molar-refractivity contribution is 0.281. The van der Waals surface area contributed by atoms with Crippen molar-refractivity contribution in [2.75, 3.05) is 6.61 Å². The Morgan fingerprint density at radius 3 is 2.46 bits per heavy atom. The average molecular weight is 178 g/mol. The molecular weight excluding hydrogens is 164 g/mol. The van der Waals surface area contributed by atoms with Gasteiger partial charge in [-0.1, -0.05) is 18.7 Å². The lowest BCUT2D eigenvalue weighted by atomic mass is 10.2. The van der Waals surface area contributed by atoms with E-state index in [0.29, 0.717) is 6.61 Å². The summed E-state index contributed by atoms with van der Waals surface area (Å²) in [6.45, 7) is 6.27. The summed E-state index contributed by atoms with van der Waals surface area (Å²) in [5.74, 6) is 0.806. The van der Waals surface area contributed by atoms with Gasteiger partial charge in [-0.3, -0.25) is 0 Å². The van der Waals surface area contributed by atoms with Crippen molar-refractivity contribution in [3.05, 3.63) is 42.0 Å². The van der Waals surface area contributed by atoms with Crippen LogP contribution in [0.15, 0.2) is 36.4 Å². The largest absolute Gasteiger partial charge is 0.489 e. The van der Waals surface area contributed by atoms with Crippen LogP contribution in [-0.4, -0.2) is 11.7 Å². The molecule has 0 atom stereocenters. The second kappa shape index (κ2) is 4.67. The SMILES string of the molecule is C=C(C)COc1ccc(CO)cc1. The molecule has 0 fully saturated rings. The Kier molecular flexibility index (Phi) is 3.53. The van der Waals surface area contributed by atoms with Gasteiger partial charge in [0.2, 0.25) is 0 Å². The van der Waals surface area contributed by atoms with Crippen LogP contribution in [0, 0.1) is 0 Å². The van der Waals surface area contributed by atoms with Crippen molar-refractivity contribution in [3.8, 4) is 5.75 Å². The molecule has 70 valence electrons. The first-order valence-electron chi connectivity index (χ1n) is 4.19. The fourth-order valence-corrected chi connectivity index (χ4v) is 0.898. The Hall–Kier alpha value is -1.28. The van der Waals surface area contributed by atoms with Crippen molar-refractivity contribution >= 4 is 0 Å². The maximum Gasteiger partial charge on any atom is 0.119 e. The van der Waals surface area contributed by atoms with Crippen LogP contribution in [0.3, 0.4) is 0 Å². The van der Waals surface area contributed by atoms with Gasteiger partial charge >= 0.3 is 0 Å². The van der Waals surface area contributed by atoms with Gasteiger partial charge < -0.3 is 9.84 Å². The summed E-state index contributed by atoms with van der Waals surface area (Å²) in [7, 11) is 0. The van der Waals surface area contributed by atoms with Gasteiger partial charge in [-0.25, -0.2) is 0 Å². The molecule has 1 aromatic rings. The molecule has 0 aliphatic heterocycles. The Morgan fingerprint density at radius 2 is 2.00 bits per heavy atom. The maximum absolute atomic E-state index is 8.79. The van der Waals surface area contributed by atoms with Crippen LogP contribution in [0.25, 0.3) is 0 Å². The third kappa shape index (κ3) is 3.30. The number of ether oxygens (including phenoxy) is 1. The molecule has 0 amide bonds. The number of aliphatic hydroxyl groups excluding tert-OH is 1. The third-order valence-electron chi connectivity index (χ3n) is 1.59. The van der Waals surface area contributed by atoms with E-state index in [1.165, 1.54) is 0 Å². The van der Waals surface area contributed by atoms with Crippen LogP contribution in [0.4, 0.5) is 0 Å². The van der Waals surface area contributed by atoms with Gasteiger partial charge in [-0.05, 0) is 30.2 Å². The molecule has 1 N–H and O–H groups in total. The molecule has 0 bridgehead atoms. The minimum Gasteiger partial charge on any atom is -0.489 e. The molecule has 0 radical (unpaired) electrons. The van der Waals surface area contributed by atoms with Crippen LogP contribution in [0.2, 0.25) is 0 Å². The molecule has 0 unspecified atom stereocenters. The Morgan fingerprint density at radius 1 is 1.38 bits per heavy atom. The monoisotopic (exact) mass is 178 g/mol. The predicted molar refractivity (Wildman–Crippen MR) is 52.7 cm³/mol. The van der Waals surface area contributed by atoms with E-state index >= 15 is 0 Å². The zero-order valence-electron chi connectivity index (χ0n) is 7.79. The summed E-state index contributed by atoms with van der Waals surface area (Å²) in [5, 5.41) is 8.79. The Labute approximate surface area is 78.5 Å². The summed E-state index contributed by atoms with van der Waals surface area (Å²) in [4.78, 5) is 0. The third-order valence-corrected chi connectivity index (χ3v) is 1.59. The minimum atomic E-state index is 0.0702. The molecule has 0 saturated heterocycles. The second-order valence-electron chi connectivity index (χ2n) is 3.05. The molecule has 0 aromatic heterocycles. The van der Waals surface area contributed by atoms with Crippen molar-refractivity contribution in [1.29, 1.82) is 0 Å². The number of aliphatic hydroxyl groups is 1. The van der Waals surface area contributed by atoms with Gasteiger partial charge in [0, 0.05) is 0 Å². The zero-order chi connectivity index (χ0) is 9.68. The van der Waals surface area contributed by atoms with Gasteiger partial charge in [-0.15, -0.1) is 0 Å². The topological polar surface area (TPSA) is 29.5 Å². The fourth-order valence-electron chi connectivity index (χ4n) is 0.898. The summed E-state index contributed by atoms with van der Waals surface area (Å²) in [6.07, 6.45) is 0. The van der Waals surface area contributed by atoms with Gasteiger partial charge in [0.1, 0.15) is 12.4 Å². The van der Waals surface area contributed by atoms with Gasteiger partial charge in [0.25, 0.3) is 0 Å². The highest BCUT2D eigenvalue weighted by atomic mass is 16.5. The van der Waals surface area contributed by atoms with Crippen molar-refractivity contribution < 1.29 is 9.84 Å². The number of benzene rings is 1. The molecule has 0 aliphatic carbocycles. The summed E-state index contributed by atoms with van der Waals surface area (Å²) in [5.41, 5.74) is 1.88. The Balaban J connectivity index is 2.54. The maximum atomic E-state index is 8.79. The quantitative estimate of drug-likeness (QED) is 0.716. The highest BCUT2D eigenvalue weighted by Crippen LogP contribution is 2.12. The Bertz CT molecular complexity index is 275. The molecule has 0 spiro atoms. The first kappa shape index (κ1) is 9.81. The molecule has 2 nitrogen and oxygen atoms in total. The summed E-state index contributed by atoms with van der Waals surface area (Å²) >= 11 is 0. The van der Waals surface area contributed by atoms with Crippen molar-refractivity contribution in [2.24, 2.45) is 0 Å². The van der Waals surface area contributed by atoms with Crippen LogP contribution in [-0.2, 0) is 6.61 Å². The lowest BCUT2D eigenvalue weighted by Crippen LogP contribution is -1.97. The first-order valence-corrected chi connectivity index (χ1v) is 4.19. The highest BCUT2D eigenvalue weighted by molar-refractivity contribution is 5.27. The van der Waals surface area contributed by atoms with E-state index in [1.807, 2.05) is 31.2 Å². The molecule has 1 aromatic carbocycles. The molecule has 2 heteroatoms. The molecule has 0 saturated carbocycles. The zero-order valence-corrected chi connectivity index (χ0v) is 7.79. The van der Waals surface area contributed by atoms with Crippen LogP contribution < -0.4 is 4.74 Å². The van der Waals surface area contributed by atoms with Crippen LogP contribution in [0.5, 0.6) is 5.75 Å². The van der Waals surface area contributed by atoms with Crippen LogP contribution in [0.1, 0.15) is 12.5 Å². The highest BCUT2D eigenvalue weighted by Gasteiger charge is 1.93. The van der Waals surface area contributed by atoms with Crippen LogP contribution >= 0.6 is 0 Å². The molecule has 13 heavy (non-hydrogen) atoms. The normalized spacial score (nSPS) is 9.69. The van der Waals surface area contributed by atoms with E-state index in [4.69, 9.17) is 9.84 Å². The smallest absolute Gasteiger partial charge is 0.119 e.